The van der Waals surface area contributed by atoms with Crippen LogP contribution in [0.4, 0.5) is 0 Å². The minimum atomic E-state index is 0.764. The predicted molar refractivity (Wildman–Crippen MR) is 49.7 cm³/mol. The van der Waals surface area contributed by atoms with Crippen LogP contribution in [0.3, 0.4) is 0 Å². The smallest absolute Gasteiger partial charge is 0.180 e. The molecule has 0 amide bonds. The van der Waals surface area contributed by atoms with E-state index in [9.17, 15) is 0 Å². The summed E-state index contributed by atoms with van der Waals surface area (Å²) in [5.74, 6) is 0.764. The van der Waals surface area contributed by atoms with Crippen molar-refractivity contribution < 1.29 is 4.74 Å². The summed E-state index contributed by atoms with van der Waals surface area (Å²) in [4.78, 5) is 0. The minimum Gasteiger partial charge on any atom is -0.446 e. The number of rotatable bonds is 2. The Morgan fingerprint density at radius 2 is 2.17 bits per heavy atom. The van der Waals surface area contributed by atoms with Crippen molar-refractivity contribution in [2.24, 2.45) is 0 Å². The molecule has 0 aliphatic carbocycles. The Kier molecular flexibility index (Phi) is 2.10. The molecule has 1 heterocycles. The second kappa shape index (κ2) is 3.41. The zero-order valence-corrected chi connectivity index (χ0v) is 7.17. The Hall–Kier alpha value is -1.28. The van der Waals surface area contributed by atoms with Crippen molar-refractivity contribution in [3.63, 3.8) is 0 Å². The molecule has 0 saturated carbocycles. The van der Waals surface area contributed by atoms with Gasteiger partial charge in [-0.1, -0.05) is 18.2 Å². The quantitative estimate of drug-likeness (QED) is 0.680. The summed E-state index contributed by atoms with van der Waals surface area (Å²) in [7, 11) is 0. The Bertz CT molecular complexity index is 326. The zero-order valence-electron chi connectivity index (χ0n) is 6.36. The van der Waals surface area contributed by atoms with E-state index in [-0.39, 0.29) is 0 Å². The van der Waals surface area contributed by atoms with Gasteiger partial charge in [-0.05, 0) is 23.6 Å². The first-order valence-electron chi connectivity index (χ1n) is 3.63. The van der Waals surface area contributed by atoms with Gasteiger partial charge in [0.2, 0.25) is 0 Å². The molecular formula is C10H7OS. The highest BCUT2D eigenvalue weighted by molar-refractivity contribution is 7.11. The molecule has 0 unspecified atom stereocenters. The van der Waals surface area contributed by atoms with Crippen LogP contribution in [0.15, 0.2) is 41.8 Å². The van der Waals surface area contributed by atoms with E-state index in [1.54, 1.807) is 11.3 Å². The van der Waals surface area contributed by atoms with E-state index < -0.39 is 0 Å². The van der Waals surface area contributed by atoms with Crippen LogP contribution in [0.5, 0.6) is 10.8 Å². The van der Waals surface area contributed by atoms with Gasteiger partial charge in [-0.2, -0.15) is 0 Å². The summed E-state index contributed by atoms with van der Waals surface area (Å²) < 4.78 is 5.48. The van der Waals surface area contributed by atoms with E-state index in [0.717, 1.165) is 10.8 Å². The van der Waals surface area contributed by atoms with Crippen LogP contribution in [0.1, 0.15) is 0 Å². The largest absolute Gasteiger partial charge is 0.446 e. The van der Waals surface area contributed by atoms with Crippen molar-refractivity contribution in [3.8, 4) is 10.8 Å². The predicted octanol–water partition coefficient (Wildman–Crippen LogP) is 3.34. The third-order valence-corrected chi connectivity index (χ3v) is 2.13. The van der Waals surface area contributed by atoms with Crippen LogP contribution >= 0.6 is 11.3 Å². The van der Waals surface area contributed by atoms with Crippen LogP contribution in [0.2, 0.25) is 0 Å². The van der Waals surface area contributed by atoms with Gasteiger partial charge in [0.05, 0.1) is 0 Å². The summed E-state index contributed by atoms with van der Waals surface area (Å²) in [6.45, 7) is 0. The standard InChI is InChI=1S/C10H7OS/c1-2-5-9(6-3-1)11-10-7-4-8-12-10/h1-5,7-8H. The van der Waals surface area contributed by atoms with Gasteiger partial charge in [-0.25, -0.2) is 0 Å². The molecule has 2 aromatic rings. The SMILES string of the molecule is [c]1ccccc1Oc1cccs1. The second-order valence-electron chi connectivity index (χ2n) is 2.26. The Balaban J connectivity index is 2.15. The van der Waals surface area contributed by atoms with E-state index in [1.807, 2.05) is 41.8 Å². The average Bonchev–Trinajstić information content (AvgIpc) is 2.59. The molecule has 2 rings (SSSR count). The number of hydrogen-bond donors (Lipinski definition) is 0. The molecule has 1 aromatic heterocycles. The van der Waals surface area contributed by atoms with Crippen LogP contribution in [-0.4, -0.2) is 0 Å². The minimum absolute atomic E-state index is 0.764. The molecule has 59 valence electrons. The molecule has 1 nitrogen and oxygen atoms in total. The van der Waals surface area contributed by atoms with Gasteiger partial charge >= 0.3 is 0 Å². The van der Waals surface area contributed by atoms with Crippen molar-refractivity contribution in [1.82, 2.24) is 0 Å². The highest BCUT2D eigenvalue weighted by atomic mass is 32.1. The first-order chi connectivity index (χ1) is 5.95. The third kappa shape index (κ3) is 1.66. The lowest BCUT2D eigenvalue weighted by Crippen LogP contribution is -1.78. The number of hydrogen-bond acceptors (Lipinski definition) is 2. The number of benzene rings is 1. The average molecular weight is 175 g/mol. The highest BCUT2D eigenvalue weighted by Crippen LogP contribution is 2.24. The molecule has 1 radical (unpaired) electrons. The van der Waals surface area contributed by atoms with Gasteiger partial charge < -0.3 is 4.74 Å². The maximum absolute atomic E-state index is 5.48. The lowest BCUT2D eigenvalue weighted by Gasteiger charge is -1.99. The van der Waals surface area contributed by atoms with Gasteiger partial charge in [-0.15, -0.1) is 11.3 Å². The van der Waals surface area contributed by atoms with Gasteiger partial charge in [0.25, 0.3) is 0 Å². The van der Waals surface area contributed by atoms with Crippen LogP contribution in [0, 0.1) is 6.07 Å². The first kappa shape index (κ1) is 7.37. The normalized spacial score (nSPS) is 9.67. The number of para-hydroxylation sites is 1. The van der Waals surface area contributed by atoms with Crippen molar-refractivity contribution in [3.05, 3.63) is 47.8 Å². The lowest BCUT2D eigenvalue weighted by molar-refractivity contribution is 0.495. The summed E-state index contributed by atoms with van der Waals surface area (Å²) in [6.07, 6.45) is 0. The Morgan fingerprint density at radius 1 is 1.17 bits per heavy atom. The van der Waals surface area contributed by atoms with Crippen LogP contribution in [-0.2, 0) is 0 Å². The van der Waals surface area contributed by atoms with Crippen molar-refractivity contribution in [1.29, 1.82) is 0 Å². The molecule has 0 bridgehead atoms. The molecule has 0 fully saturated rings. The molecule has 0 spiro atoms. The maximum Gasteiger partial charge on any atom is 0.180 e. The molecule has 0 aliphatic heterocycles. The summed E-state index contributed by atoms with van der Waals surface area (Å²) >= 11 is 1.58. The second-order valence-corrected chi connectivity index (χ2v) is 3.17. The first-order valence-corrected chi connectivity index (χ1v) is 4.51. The highest BCUT2D eigenvalue weighted by Gasteiger charge is 1.94. The molecule has 1 aromatic carbocycles. The van der Waals surface area contributed by atoms with Gasteiger partial charge in [0.15, 0.2) is 5.06 Å². The molecule has 0 aliphatic rings. The summed E-state index contributed by atoms with van der Waals surface area (Å²) in [5.41, 5.74) is 0. The molecule has 12 heavy (non-hydrogen) atoms. The van der Waals surface area contributed by atoms with Gasteiger partial charge in [-0.3, -0.25) is 0 Å². The topological polar surface area (TPSA) is 9.23 Å². The van der Waals surface area contributed by atoms with E-state index in [4.69, 9.17) is 4.74 Å². The van der Waals surface area contributed by atoms with Crippen molar-refractivity contribution in [2.45, 2.75) is 0 Å². The number of thiophene rings is 1. The molecule has 0 atom stereocenters. The summed E-state index contributed by atoms with van der Waals surface area (Å²) in [5, 5.41) is 2.88. The monoisotopic (exact) mass is 175 g/mol. The van der Waals surface area contributed by atoms with Crippen molar-refractivity contribution >= 4 is 11.3 Å². The maximum atomic E-state index is 5.48. The van der Waals surface area contributed by atoms with Crippen molar-refractivity contribution in [2.75, 3.05) is 0 Å². The fourth-order valence-corrected chi connectivity index (χ4v) is 1.46. The van der Waals surface area contributed by atoms with Crippen LogP contribution < -0.4 is 4.74 Å². The fraction of sp³-hybridized carbons (Fsp3) is 0. The number of ether oxygens (including phenoxy) is 1. The fourth-order valence-electron chi connectivity index (χ4n) is 0.870. The zero-order chi connectivity index (χ0) is 8.23. The van der Waals surface area contributed by atoms with E-state index in [2.05, 4.69) is 6.07 Å². The lowest BCUT2D eigenvalue weighted by atomic mass is 10.3. The molecule has 2 heteroatoms. The molecule has 0 N–H and O–H groups in total. The Labute approximate surface area is 75.2 Å². The molecule has 0 saturated heterocycles. The third-order valence-electron chi connectivity index (χ3n) is 1.39. The van der Waals surface area contributed by atoms with Gasteiger partial charge in [0, 0.05) is 6.07 Å². The van der Waals surface area contributed by atoms with E-state index in [0.29, 0.717) is 0 Å². The Morgan fingerprint density at radius 3 is 2.83 bits per heavy atom. The van der Waals surface area contributed by atoms with E-state index >= 15 is 0 Å². The summed E-state index contributed by atoms with van der Waals surface area (Å²) in [6, 6.07) is 14.5. The van der Waals surface area contributed by atoms with Crippen LogP contribution in [0.25, 0.3) is 0 Å². The van der Waals surface area contributed by atoms with Gasteiger partial charge in [0.1, 0.15) is 5.75 Å². The molecular weight excluding hydrogens is 168 g/mol. The van der Waals surface area contributed by atoms with E-state index in [1.165, 1.54) is 0 Å².